The van der Waals surface area contributed by atoms with Crippen LogP contribution in [0.1, 0.15) is 28.8 Å². The highest BCUT2D eigenvalue weighted by atomic mass is 35.5. The lowest BCUT2D eigenvalue weighted by Crippen LogP contribution is -2.37. The van der Waals surface area contributed by atoms with Crippen LogP contribution in [0.3, 0.4) is 0 Å². The molecular formula is C21H20ClFO5. The van der Waals surface area contributed by atoms with E-state index < -0.39 is 35.5 Å². The van der Waals surface area contributed by atoms with E-state index >= 15 is 0 Å². The highest BCUT2D eigenvalue weighted by Crippen LogP contribution is 2.36. The molecule has 0 heterocycles. The van der Waals surface area contributed by atoms with Crippen LogP contribution in [0.25, 0.3) is 0 Å². The summed E-state index contributed by atoms with van der Waals surface area (Å²) in [4.78, 5) is 37.8. The molecule has 2 rings (SSSR count). The largest absolute Gasteiger partial charge is 0.468 e. The van der Waals surface area contributed by atoms with Crippen molar-refractivity contribution in [3.8, 4) is 0 Å². The van der Waals surface area contributed by atoms with Crippen LogP contribution in [0, 0.1) is 17.7 Å². The van der Waals surface area contributed by atoms with E-state index in [4.69, 9.17) is 21.1 Å². The Morgan fingerprint density at radius 2 is 1.39 bits per heavy atom. The molecule has 7 heteroatoms. The van der Waals surface area contributed by atoms with Crippen LogP contribution >= 0.6 is 11.6 Å². The zero-order valence-electron chi connectivity index (χ0n) is 15.6. The van der Waals surface area contributed by atoms with E-state index in [9.17, 15) is 18.8 Å². The van der Waals surface area contributed by atoms with Crippen molar-refractivity contribution in [1.29, 1.82) is 0 Å². The van der Waals surface area contributed by atoms with E-state index in [1.54, 1.807) is 31.2 Å². The molecule has 28 heavy (non-hydrogen) atoms. The summed E-state index contributed by atoms with van der Waals surface area (Å²) in [5, 5.41) is 0.465. The maximum Gasteiger partial charge on any atom is 0.320 e. The van der Waals surface area contributed by atoms with Crippen LogP contribution in [0.15, 0.2) is 48.5 Å². The molecule has 0 bridgehead atoms. The van der Waals surface area contributed by atoms with Crippen molar-refractivity contribution in [3.63, 3.8) is 0 Å². The van der Waals surface area contributed by atoms with Crippen molar-refractivity contribution < 1.29 is 28.2 Å². The standard InChI is InChI=1S/C21H20ClFO5/c1-12(19(24)14-6-10-16(23)11-7-14)17(13-4-8-15(22)9-5-13)18(20(25)27-2)21(26)28-3/h4-12,17-18H,1-3H3. The molecule has 2 atom stereocenters. The number of rotatable bonds is 7. The van der Waals surface area contributed by atoms with Crippen LogP contribution in [-0.4, -0.2) is 31.9 Å². The van der Waals surface area contributed by atoms with Gasteiger partial charge in [-0.2, -0.15) is 0 Å². The molecular weight excluding hydrogens is 387 g/mol. The van der Waals surface area contributed by atoms with Crippen LogP contribution in [-0.2, 0) is 19.1 Å². The monoisotopic (exact) mass is 406 g/mol. The minimum atomic E-state index is -1.35. The Balaban J connectivity index is 2.53. The fourth-order valence-electron chi connectivity index (χ4n) is 3.14. The number of carbonyl (C=O) groups excluding carboxylic acids is 3. The van der Waals surface area contributed by atoms with Crippen LogP contribution in [0.5, 0.6) is 0 Å². The minimum Gasteiger partial charge on any atom is -0.468 e. The predicted molar refractivity (Wildman–Crippen MR) is 102 cm³/mol. The Kier molecular flexibility index (Phi) is 7.29. The van der Waals surface area contributed by atoms with Gasteiger partial charge in [-0.05, 0) is 42.0 Å². The molecule has 5 nitrogen and oxygen atoms in total. The summed E-state index contributed by atoms with van der Waals surface area (Å²) in [5.74, 6) is -5.48. The molecule has 0 spiro atoms. The van der Waals surface area contributed by atoms with Crippen LogP contribution < -0.4 is 0 Å². The Labute approximate surface area is 167 Å². The summed E-state index contributed by atoms with van der Waals surface area (Å²) in [7, 11) is 2.31. The lowest BCUT2D eigenvalue weighted by atomic mass is 9.74. The van der Waals surface area contributed by atoms with Crippen molar-refractivity contribution in [2.75, 3.05) is 14.2 Å². The average Bonchev–Trinajstić information content (AvgIpc) is 2.71. The van der Waals surface area contributed by atoms with E-state index in [-0.39, 0.29) is 11.3 Å². The summed E-state index contributed by atoms with van der Waals surface area (Å²) < 4.78 is 22.8. The Hall–Kier alpha value is -2.73. The normalized spacial score (nSPS) is 12.9. The molecule has 0 aliphatic rings. The quantitative estimate of drug-likeness (QED) is 0.394. The summed E-state index contributed by atoms with van der Waals surface area (Å²) in [6, 6.07) is 11.6. The lowest BCUT2D eigenvalue weighted by Gasteiger charge is -2.28. The Morgan fingerprint density at radius 3 is 1.86 bits per heavy atom. The third-order valence-corrected chi connectivity index (χ3v) is 4.86. The van der Waals surface area contributed by atoms with Crippen molar-refractivity contribution in [2.45, 2.75) is 12.8 Å². The smallest absolute Gasteiger partial charge is 0.320 e. The molecule has 0 amide bonds. The van der Waals surface area contributed by atoms with E-state index in [1.165, 1.54) is 24.3 Å². The SMILES string of the molecule is COC(=O)C(C(=O)OC)C(c1ccc(Cl)cc1)C(C)C(=O)c1ccc(F)cc1. The van der Waals surface area contributed by atoms with Gasteiger partial charge in [0.25, 0.3) is 0 Å². The number of ketones is 1. The molecule has 2 aromatic carbocycles. The predicted octanol–water partition coefficient (Wildman–Crippen LogP) is 4.04. The zero-order valence-corrected chi connectivity index (χ0v) is 16.4. The molecule has 0 radical (unpaired) electrons. The van der Waals surface area contributed by atoms with Gasteiger partial charge in [0.05, 0.1) is 14.2 Å². The number of carbonyl (C=O) groups is 3. The van der Waals surface area contributed by atoms with Gasteiger partial charge in [0.2, 0.25) is 0 Å². The van der Waals surface area contributed by atoms with Gasteiger partial charge in [0.1, 0.15) is 5.82 Å². The van der Waals surface area contributed by atoms with Crippen LogP contribution in [0.4, 0.5) is 4.39 Å². The first-order chi connectivity index (χ1) is 13.3. The summed E-state index contributed by atoms with van der Waals surface area (Å²) in [6.07, 6.45) is 0. The van der Waals surface area contributed by atoms with Gasteiger partial charge in [-0.15, -0.1) is 0 Å². The maximum absolute atomic E-state index is 13.2. The molecule has 0 N–H and O–H groups in total. The zero-order chi connectivity index (χ0) is 20.8. The fourth-order valence-corrected chi connectivity index (χ4v) is 3.26. The molecule has 2 aromatic rings. The number of esters is 2. The third kappa shape index (κ3) is 4.75. The van der Waals surface area contributed by atoms with Crippen LogP contribution in [0.2, 0.25) is 5.02 Å². The molecule has 0 fully saturated rings. The summed E-state index contributed by atoms with van der Waals surface area (Å²) in [6.45, 7) is 1.60. The minimum absolute atomic E-state index is 0.265. The number of hydrogen-bond donors (Lipinski definition) is 0. The highest BCUT2D eigenvalue weighted by molar-refractivity contribution is 6.30. The maximum atomic E-state index is 13.2. The number of methoxy groups -OCH3 is 2. The van der Waals surface area contributed by atoms with Gasteiger partial charge in [-0.25, -0.2) is 4.39 Å². The van der Waals surface area contributed by atoms with Gasteiger partial charge in [-0.1, -0.05) is 30.7 Å². The van der Waals surface area contributed by atoms with Gasteiger partial charge in [-0.3, -0.25) is 14.4 Å². The van der Waals surface area contributed by atoms with Gasteiger partial charge < -0.3 is 9.47 Å². The Morgan fingerprint density at radius 1 is 0.893 bits per heavy atom. The second-order valence-corrected chi connectivity index (χ2v) is 6.70. The number of ether oxygens (including phenoxy) is 2. The first-order valence-corrected chi connectivity index (χ1v) is 8.88. The van der Waals surface area contributed by atoms with E-state index in [0.717, 1.165) is 14.2 Å². The molecule has 2 unspecified atom stereocenters. The third-order valence-electron chi connectivity index (χ3n) is 4.61. The lowest BCUT2D eigenvalue weighted by molar-refractivity contribution is -0.160. The second-order valence-electron chi connectivity index (χ2n) is 6.26. The molecule has 0 saturated heterocycles. The topological polar surface area (TPSA) is 69.7 Å². The van der Waals surface area contributed by atoms with Crippen molar-refractivity contribution >= 4 is 29.3 Å². The number of Topliss-reactive ketones (excluding diaryl/α,β-unsaturated/α-hetero) is 1. The molecule has 0 aliphatic heterocycles. The average molecular weight is 407 g/mol. The van der Waals surface area contributed by atoms with E-state index in [1.807, 2.05) is 0 Å². The van der Waals surface area contributed by atoms with Gasteiger partial charge in [0, 0.05) is 22.4 Å². The van der Waals surface area contributed by atoms with Gasteiger partial charge >= 0.3 is 11.9 Å². The molecule has 0 aliphatic carbocycles. The van der Waals surface area contributed by atoms with Crippen molar-refractivity contribution in [3.05, 3.63) is 70.5 Å². The van der Waals surface area contributed by atoms with Gasteiger partial charge in [0.15, 0.2) is 11.7 Å². The summed E-state index contributed by atoms with van der Waals surface area (Å²) in [5.41, 5.74) is 0.814. The molecule has 148 valence electrons. The first kappa shape index (κ1) is 21.6. The van der Waals surface area contributed by atoms with E-state index in [0.29, 0.717) is 10.6 Å². The van der Waals surface area contributed by atoms with Crippen molar-refractivity contribution in [2.24, 2.45) is 11.8 Å². The second kappa shape index (κ2) is 9.46. The number of hydrogen-bond acceptors (Lipinski definition) is 5. The van der Waals surface area contributed by atoms with Crippen molar-refractivity contribution in [1.82, 2.24) is 0 Å². The van der Waals surface area contributed by atoms with E-state index in [2.05, 4.69) is 0 Å². The highest BCUT2D eigenvalue weighted by Gasteiger charge is 2.43. The number of halogens is 2. The first-order valence-electron chi connectivity index (χ1n) is 8.51. The molecule has 0 saturated carbocycles. The number of benzene rings is 2. The summed E-state index contributed by atoms with van der Waals surface area (Å²) >= 11 is 5.94. The molecule has 0 aromatic heterocycles. The Bertz CT molecular complexity index is 832. The fraction of sp³-hybridized carbons (Fsp3) is 0.286.